The molecule has 0 aliphatic heterocycles. The quantitative estimate of drug-likeness (QED) is 0.412. The molecule has 0 saturated carbocycles. The lowest BCUT2D eigenvalue weighted by Gasteiger charge is -2.10. The highest BCUT2D eigenvalue weighted by Gasteiger charge is 2.14. The summed E-state index contributed by atoms with van der Waals surface area (Å²) in [6, 6.07) is 20.4. The average Bonchev–Trinajstić information content (AvgIpc) is 3.08. The maximum Gasteiger partial charge on any atom is 0.210 e. The molecular weight excluding hydrogens is 432 g/mol. The van der Waals surface area contributed by atoms with Crippen molar-refractivity contribution in [3.8, 4) is 22.1 Å². The van der Waals surface area contributed by atoms with Gasteiger partial charge in [-0.15, -0.1) is 0 Å². The van der Waals surface area contributed by atoms with Gasteiger partial charge in [0.25, 0.3) is 0 Å². The van der Waals surface area contributed by atoms with E-state index in [-0.39, 0.29) is 5.75 Å². The van der Waals surface area contributed by atoms with Crippen LogP contribution in [0, 0.1) is 0 Å². The van der Waals surface area contributed by atoms with Gasteiger partial charge in [0.15, 0.2) is 15.0 Å². The molecule has 0 unspecified atom stereocenters. The van der Waals surface area contributed by atoms with Crippen molar-refractivity contribution < 1.29 is 13.2 Å². The molecule has 0 amide bonds. The largest absolute Gasteiger partial charge is 0.444 e. The Labute approximate surface area is 184 Å². The van der Waals surface area contributed by atoms with Gasteiger partial charge in [-0.3, -0.25) is 0 Å². The summed E-state index contributed by atoms with van der Waals surface area (Å²) in [6.45, 7) is 0. The van der Waals surface area contributed by atoms with Crippen LogP contribution in [0.25, 0.3) is 11.3 Å². The number of aromatic nitrogens is 2. The molecule has 0 spiro atoms. The van der Waals surface area contributed by atoms with E-state index in [2.05, 4.69) is 15.3 Å². The van der Waals surface area contributed by atoms with Crippen LogP contribution in [0.15, 0.2) is 72.9 Å². The first-order chi connectivity index (χ1) is 14.9. The number of ether oxygens (including phenoxy) is 1. The third kappa shape index (κ3) is 5.59. The summed E-state index contributed by atoms with van der Waals surface area (Å²) in [5, 5.41) is 4.20. The summed E-state index contributed by atoms with van der Waals surface area (Å²) in [5.74, 6) is 1.12. The van der Waals surface area contributed by atoms with Crippen molar-refractivity contribution in [3.05, 3.63) is 78.5 Å². The zero-order valence-corrected chi connectivity index (χ0v) is 18.3. The van der Waals surface area contributed by atoms with Crippen molar-refractivity contribution in [1.82, 2.24) is 9.97 Å². The number of sulfone groups is 1. The second-order valence-electron chi connectivity index (χ2n) is 6.93. The predicted octanol–water partition coefficient (Wildman–Crippen LogP) is 4.87. The highest BCUT2D eigenvalue weighted by Crippen LogP contribution is 2.39. The minimum Gasteiger partial charge on any atom is -0.444 e. The van der Waals surface area contributed by atoms with E-state index in [1.165, 1.54) is 17.6 Å². The van der Waals surface area contributed by atoms with Gasteiger partial charge < -0.3 is 15.8 Å². The van der Waals surface area contributed by atoms with Crippen molar-refractivity contribution in [2.24, 2.45) is 0 Å². The number of nitrogens with one attached hydrogen (secondary N) is 1. The van der Waals surface area contributed by atoms with E-state index in [0.717, 1.165) is 11.3 Å². The monoisotopic (exact) mass is 452 g/mol. The highest BCUT2D eigenvalue weighted by molar-refractivity contribution is 7.89. The first-order valence-corrected chi connectivity index (χ1v) is 12.2. The Bertz CT molecular complexity index is 1310. The second kappa shape index (κ2) is 8.75. The number of benzene rings is 2. The van der Waals surface area contributed by atoms with Gasteiger partial charge in [0.2, 0.25) is 5.06 Å². The van der Waals surface area contributed by atoms with E-state index in [0.29, 0.717) is 33.0 Å². The standard InChI is InChI=1S/C22H20N4O3S2/c1-31(27,28)14-15-6-5-9-17(12-15)25-19-13-18(10-11-24-19)29-21-20(26-22(23)30-21)16-7-3-2-4-8-16/h2-13H,14H2,1H3,(H2,23,26)(H,24,25). The van der Waals surface area contributed by atoms with E-state index in [4.69, 9.17) is 10.5 Å². The third-order valence-corrected chi connectivity index (χ3v) is 5.85. The lowest BCUT2D eigenvalue weighted by molar-refractivity contribution is 0.496. The first-order valence-electron chi connectivity index (χ1n) is 9.35. The number of nitrogens with two attached hydrogens (primary N) is 1. The number of hydrogen-bond acceptors (Lipinski definition) is 8. The fourth-order valence-electron chi connectivity index (χ4n) is 3.01. The number of nitrogens with zero attached hydrogens (tertiary/aromatic N) is 2. The summed E-state index contributed by atoms with van der Waals surface area (Å²) in [6.07, 6.45) is 2.84. The Balaban J connectivity index is 1.55. The number of pyridine rings is 1. The van der Waals surface area contributed by atoms with Crippen molar-refractivity contribution in [1.29, 1.82) is 0 Å². The van der Waals surface area contributed by atoms with Gasteiger partial charge >= 0.3 is 0 Å². The second-order valence-corrected chi connectivity index (χ2v) is 10.1. The minimum atomic E-state index is -3.11. The molecule has 0 fully saturated rings. The molecule has 0 atom stereocenters. The third-order valence-electron chi connectivity index (χ3n) is 4.23. The van der Waals surface area contributed by atoms with Crippen LogP contribution in [-0.2, 0) is 15.6 Å². The summed E-state index contributed by atoms with van der Waals surface area (Å²) in [7, 11) is -3.11. The number of thiazole rings is 1. The van der Waals surface area contributed by atoms with Crippen molar-refractivity contribution in [2.75, 3.05) is 17.3 Å². The number of nitrogen functional groups attached to an aromatic ring is 1. The maximum absolute atomic E-state index is 11.6. The zero-order chi connectivity index (χ0) is 21.8. The summed E-state index contributed by atoms with van der Waals surface area (Å²) >= 11 is 1.27. The molecule has 9 heteroatoms. The van der Waals surface area contributed by atoms with Crippen LogP contribution in [0.4, 0.5) is 16.6 Å². The molecule has 3 N–H and O–H groups in total. The molecule has 7 nitrogen and oxygen atoms in total. The van der Waals surface area contributed by atoms with Crippen molar-refractivity contribution in [3.63, 3.8) is 0 Å². The number of hydrogen-bond donors (Lipinski definition) is 2. The maximum atomic E-state index is 11.6. The predicted molar refractivity (Wildman–Crippen MR) is 125 cm³/mol. The Hall–Kier alpha value is -3.43. The van der Waals surface area contributed by atoms with Crippen LogP contribution in [0.3, 0.4) is 0 Å². The van der Waals surface area contributed by atoms with Gasteiger partial charge in [-0.05, 0) is 23.8 Å². The van der Waals surface area contributed by atoms with E-state index in [1.807, 2.05) is 36.4 Å². The van der Waals surface area contributed by atoms with E-state index < -0.39 is 9.84 Å². The lowest BCUT2D eigenvalue weighted by atomic mass is 10.2. The molecule has 0 aliphatic rings. The molecular formula is C22H20N4O3S2. The van der Waals surface area contributed by atoms with Crippen molar-refractivity contribution >= 4 is 37.8 Å². The zero-order valence-electron chi connectivity index (χ0n) is 16.6. The van der Waals surface area contributed by atoms with Gasteiger partial charge in [-0.1, -0.05) is 53.8 Å². The van der Waals surface area contributed by atoms with E-state index in [9.17, 15) is 8.42 Å². The molecule has 4 aromatic rings. The molecule has 31 heavy (non-hydrogen) atoms. The smallest absolute Gasteiger partial charge is 0.210 e. The van der Waals surface area contributed by atoms with E-state index >= 15 is 0 Å². The summed E-state index contributed by atoms with van der Waals surface area (Å²) in [4.78, 5) is 8.72. The SMILES string of the molecule is CS(=O)(=O)Cc1cccc(Nc2cc(Oc3sc(N)nc3-c3ccccc3)ccn2)c1. The Morgan fingerprint density at radius 3 is 2.65 bits per heavy atom. The Kier molecular flexibility index (Phi) is 5.88. The number of anilines is 3. The van der Waals surface area contributed by atoms with Crippen LogP contribution in [0.5, 0.6) is 10.8 Å². The Morgan fingerprint density at radius 2 is 1.87 bits per heavy atom. The Morgan fingerprint density at radius 1 is 1.06 bits per heavy atom. The summed E-state index contributed by atoms with van der Waals surface area (Å²) < 4.78 is 29.2. The molecule has 0 aliphatic carbocycles. The molecule has 0 radical (unpaired) electrons. The van der Waals surface area contributed by atoms with Gasteiger partial charge in [0, 0.05) is 29.8 Å². The van der Waals surface area contributed by atoms with Gasteiger partial charge in [0.05, 0.1) is 5.75 Å². The lowest BCUT2D eigenvalue weighted by Crippen LogP contribution is -2.01. The van der Waals surface area contributed by atoms with Crippen LogP contribution in [0.2, 0.25) is 0 Å². The fourth-order valence-corrected chi connectivity index (χ4v) is 4.52. The molecule has 4 rings (SSSR count). The van der Waals surface area contributed by atoms with Gasteiger partial charge in [-0.2, -0.15) is 0 Å². The minimum absolute atomic E-state index is 0.0197. The fraction of sp³-hybridized carbons (Fsp3) is 0.0909. The highest BCUT2D eigenvalue weighted by atomic mass is 32.2. The average molecular weight is 453 g/mol. The van der Waals surface area contributed by atoms with Crippen molar-refractivity contribution in [2.45, 2.75) is 5.75 Å². The molecule has 0 saturated heterocycles. The van der Waals surface area contributed by atoms with Crippen LogP contribution >= 0.6 is 11.3 Å². The molecule has 158 valence electrons. The summed E-state index contributed by atoms with van der Waals surface area (Å²) in [5.41, 5.74) is 8.96. The molecule has 2 aromatic carbocycles. The molecule has 2 aromatic heterocycles. The first kappa shape index (κ1) is 20.8. The van der Waals surface area contributed by atoms with Gasteiger partial charge in [0.1, 0.15) is 17.3 Å². The van der Waals surface area contributed by atoms with Crippen LogP contribution in [0.1, 0.15) is 5.56 Å². The molecule has 2 heterocycles. The normalized spacial score (nSPS) is 11.3. The van der Waals surface area contributed by atoms with Crippen LogP contribution < -0.4 is 15.8 Å². The van der Waals surface area contributed by atoms with Gasteiger partial charge in [-0.25, -0.2) is 18.4 Å². The molecule has 0 bridgehead atoms. The van der Waals surface area contributed by atoms with E-state index in [1.54, 1.807) is 36.5 Å². The topological polar surface area (TPSA) is 107 Å². The van der Waals surface area contributed by atoms with Crippen LogP contribution in [-0.4, -0.2) is 24.6 Å². The number of rotatable bonds is 7.